The van der Waals surface area contributed by atoms with Crippen LogP contribution < -0.4 is 10.7 Å². The highest BCUT2D eigenvalue weighted by Gasteiger charge is 2.37. The molecule has 0 spiro atoms. The zero-order valence-corrected chi connectivity index (χ0v) is 17.0. The van der Waals surface area contributed by atoms with Gasteiger partial charge in [0.05, 0.1) is 11.7 Å². The largest absolute Gasteiger partial charge is 0.323 e. The molecule has 4 rings (SSSR count). The second-order valence-electron chi connectivity index (χ2n) is 6.80. The van der Waals surface area contributed by atoms with Crippen molar-refractivity contribution in [2.24, 2.45) is 0 Å². The summed E-state index contributed by atoms with van der Waals surface area (Å²) in [5, 5.41) is 11.2. The number of benzene rings is 2. The fourth-order valence-corrected chi connectivity index (χ4v) is 4.40. The standard InChI is InChI=1S/C21H22FN5OS/c1-3-13-9-11-14(12-10-13)18-19(20(28)23-16-8-6-5-7-15(16)22)29-21-25-24-17(4-2)27(21)26-18/h5-12,18-19,26H,3-4H2,1-2H3,(H,23,28)/t18-,19-/m0/s1. The Hall–Kier alpha value is -2.87. The minimum Gasteiger partial charge on any atom is -0.323 e. The number of thioether (sulfide) groups is 1. The van der Waals surface area contributed by atoms with E-state index in [1.165, 1.54) is 23.4 Å². The third-order valence-electron chi connectivity index (χ3n) is 4.96. The maximum Gasteiger partial charge on any atom is 0.240 e. The smallest absolute Gasteiger partial charge is 0.240 e. The van der Waals surface area contributed by atoms with E-state index in [0.717, 1.165) is 17.8 Å². The van der Waals surface area contributed by atoms with Crippen molar-refractivity contribution >= 4 is 23.4 Å². The maximum atomic E-state index is 14.0. The summed E-state index contributed by atoms with van der Waals surface area (Å²) in [7, 11) is 0. The van der Waals surface area contributed by atoms with Crippen molar-refractivity contribution in [2.75, 3.05) is 10.7 Å². The lowest BCUT2D eigenvalue weighted by Gasteiger charge is -2.33. The van der Waals surface area contributed by atoms with Crippen LogP contribution in [0.25, 0.3) is 0 Å². The Morgan fingerprint density at radius 1 is 1.14 bits per heavy atom. The molecule has 1 aromatic heterocycles. The van der Waals surface area contributed by atoms with Crippen molar-refractivity contribution in [3.63, 3.8) is 0 Å². The first-order valence-electron chi connectivity index (χ1n) is 9.62. The molecule has 6 nitrogen and oxygen atoms in total. The number of halogens is 1. The van der Waals surface area contributed by atoms with Crippen LogP contribution >= 0.6 is 11.8 Å². The second-order valence-corrected chi connectivity index (χ2v) is 7.91. The molecule has 8 heteroatoms. The van der Waals surface area contributed by atoms with E-state index >= 15 is 0 Å². The van der Waals surface area contributed by atoms with Gasteiger partial charge in [-0.3, -0.25) is 4.79 Å². The predicted molar refractivity (Wildman–Crippen MR) is 112 cm³/mol. The third kappa shape index (κ3) is 3.85. The van der Waals surface area contributed by atoms with E-state index in [0.29, 0.717) is 11.6 Å². The van der Waals surface area contributed by atoms with Crippen molar-refractivity contribution in [2.45, 2.75) is 43.1 Å². The monoisotopic (exact) mass is 411 g/mol. The molecule has 1 amide bonds. The minimum absolute atomic E-state index is 0.166. The van der Waals surface area contributed by atoms with Crippen LogP contribution in [-0.4, -0.2) is 26.0 Å². The average molecular weight is 412 g/mol. The Kier molecular flexibility index (Phi) is 5.53. The Morgan fingerprint density at radius 2 is 1.90 bits per heavy atom. The highest BCUT2D eigenvalue weighted by molar-refractivity contribution is 8.00. The molecular weight excluding hydrogens is 389 g/mol. The van der Waals surface area contributed by atoms with Crippen LogP contribution in [0.1, 0.15) is 36.8 Å². The summed E-state index contributed by atoms with van der Waals surface area (Å²) in [4.78, 5) is 13.1. The first-order valence-corrected chi connectivity index (χ1v) is 10.5. The number of aryl methyl sites for hydroxylation is 2. The van der Waals surface area contributed by atoms with Crippen LogP contribution in [0, 0.1) is 5.82 Å². The van der Waals surface area contributed by atoms with Gasteiger partial charge in [0.1, 0.15) is 11.1 Å². The molecule has 2 heterocycles. The Bertz CT molecular complexity index is 1020. The number of rotatable bonds is 5. The van der Waals surface area contributed by atoms with Gasteiger partial charge in [-0.05, 0) is 29.7 Å². The number of fused-ring (bicyclic) bond motifs is 1. The second kappa shape index (κ2) is 8.24. The Labute approximate surface area is 172 Å². The molecule has 29 heavy (non-hydrogen) atoms. The SMILES string of the molecule is CCc1ccc([C@@H]2Nn3c(CC)nnc3S[C@@H]2C(=O)Nc2ccccc2F)cc1. The molecule has 2 N–H and O–H groups in total. The van der Waals surface area contributed by atoms with Crippen molar-refractivity contribution in [3.8, 4) is 0 Å². The van der Waals surface area contributed by atoms with Crippen LogP contribution in [-0.2, 0) is 17.6 Å². The molecule has 0 aliphatic carbocycles. The first kappa shape index (κ1) is 19.4. The number of amides is 1. The van der Waals surface area contributed by atoms with E-state index < -0.39 is 11.1 Å². The van der Waals surface area contributed by atoms with Gasteiger partial charge in [-0.25, -0.2) is 9.07 Å². The lowest BCUT2D eigenvalue weighted by atomic mass is 10.0. The fourth-order valence-electron chi connectivity index (χ4n) is 3.30. The Morgan fingerprint density at radius 3 is 2.59 bits per heavy atom. The van der Waals surface area contributed by atoms with Crippen molar-refractivity contribution in [1.29, 1.82) is 0 Å². The lowest BCUT2D eigenvalue weighted by molar-refractivity contribution is -0.116. The summed E-state index contributed by atoms with van der Waals surface area (Å²) in [6, 6.07) is 14.0. The molecule has 150 valence electrons. The van der Waals surface area contributed by atoms with E-state index in [1.54, 1.807) is 18.2 Å². The summed E-state index contributed by atoms with van der Waals surface area (Å²) < 4.78 is 15.9. The summed E-state index contributed by atoms with van der Waals surface area (Å²) in [6.07, 6.45) is 1.66. The van der Waals surface area contributed by atoms with Gasteiger partial charge in [0.25, 0.3) is 0 Å². The number of hydrogen-bond acceptors (Lipinski definition) is 5. The van der Waals surface area contributed by atoms with Crippen molar-refractivity contribution < 1.29 is 9.18 Å². The van der Waals surface area contributed by atoms with Crippen LogP contribution in [0.2, 0.25) is 0 Å². The van der Waals surface area contributed by atoms with E-state index in [9.17, 15) is 9.18 Å². The van der Waals surface area contributed by atoms with Crippen molar-refractivity contribution in [1.82, 2.24) is 14.9 Å². The molecule has 0 saturated carbocycles. The number of carbonyl (C=O) groups is 1. The minimum atomic E-state index is -0.538. The summed E-state index contributed by atoms with van der Waals surface area (Å²) in [5.74, 6) is 0.0509. The van der Waals surface area contributed by atoms with E-state index in [2.05, 4.69) is 40.0 Å². The number of nitrogens with zero attached hydrogens (tertiary/aromatic N) is 3. The molecule has 0 unspecified atom stereocenters. The number of aromatic nitrogens is 3. The van der Waals surface area contributed by atoms with Gasteiger partial charge in [-0.2, -0.15) is 0 Å². The van der Waals surface area contributed by atoms with Gasteiger partial charge in [0.15, 0.2) is 5.82 Å². The maximum absolute atomic E-state index is 14.0. The molecule has 0 bridgehead atoms. The quantitative estimate of drug-likeness (QED) is 0.665. The predicted octanol–water partition coefficient (Wildman–Crippen LogP) is 3.94. The van der Waals surface area contributed by atoms with Gasteiger partial charge >= 0.3 is 0 Å². The number of para-hydroxylation sites is 1. The number of anilines is 1. The third-order valence-corrected chi connectivity index (χ3v) is 6.17. The molecule has 1 aliphatic rings. The van der Waals surface area contributed by atoms with Crippen LogP contribution in [0.4, 0.5) is 10.1 Å². The highest BCUT2D eigenvalue weighted by atomic mass is 32.2. The molecule has 1 aliphatic heterocycles. The van der Waals surface area contributed by atoms with Crippen LogP contribution in [0.5, 0.6) is 0 Å². The van der Waals surface area contributed by atoms with Gasteiger partial charge in [0, 0.05) is 6.42 Å². The van der Waals surface area contributed by atoms with E-state index in [4.69, 9.17) is 0 Å². The fraction of sp³-hybridized carbons (Fsp3) is 0.286. The number of carbonyl (C=O) groups excluding carboxylic acids is 1. The molecular formula is C21H22FN5OS. The van der Waals surface area contributed by atoms with Crippen molar-refractivity contribution in [3.05, 3.63) is 71.3 Å². The molecule has 0 radical (unpaired) electrons. The molecule has 2 atom stereocenters. The first-order chi connectivity index (χ1) is 14.1. The topological polar surface area (TPSA) is 71.8 Å². The molecule has 2 aromatic carbocycles. The van der Waals surface area contributed by atoms with Crippen LogP contribution in [0.3, 0.4) is 0 Å². The van der Waals surface area contributed by atoms with E-state index in [1.807, 2.05) is 23.7 Å². The summed E-state index contributed by atoms with van der Waals surface area (Å²) in [5.41, 5.74) is 5.77. The van der Waals surface area contributed by atoms with Gasteiger partial charge in [-0.1, -0.05) is 62.0 Å². The summed E-state index contributed by atoms with van der Waals surface area (Å²) >= 11 is 1.33. The Balaban J connectivity index is 1.68. The molecule has 0 saturated heterocycles. The zero-order chi connectivity index (χ0) is 20.4. The van der Waals surface area contributed by atoms with Gasteiger partial charge < -0.3 is 10.7 Å². The zero-order valence-electron chi connectivity index (χ0n) is 16.2. The van der Waals surface area contributed by atoms with Crippen LogP contribution in [0.15, 0.2) is 53.7 Å². The summed E-state index contributed by atoms with van der Waals surface area (Å²) in [6.45, 7) is 4.11. The lowest BCUT2D eigenvalue weighted by Crippen LogP contribution is -2.41. The van der Waals surface area contributed by atoms with E-state index in [-0.39, 0.29) is 17.6 Å². The normalized spacial score (nSPS) is 18.0. The van der Waals surface area contributed by atoms with Gasteiger partial charge in [0.2, 0.25) is 11.1 Å². The number of nitrogens with one attached hydrogen (secondary N) is 2. The molecule has 0 fully saturated rings. The van der Waals surface area contributed by atoms with Gasteiger partial charge in [-0.15, -0.1) is 10.2 Å². The molecule has 3 aromatic rings. The highest BCUT2D eigenvalue weighted by Crippen LogP contribution is 2.37. The average Bonchev–Trinajstić information content (AvgIpc) is 3.16. The number of hydrogen-bond donors (Lipinski definition) is 2.